The van der Waals surface area contributed by atoms with E-state index in [4.69, 9.17) is 14.0 Å². The summed E-state index contributed by atoms with van der Waals surface area (Å²) >= 11 is 0. The van der Waals surface area contributed by atoms with Crippen LogP contribution in [-0.2, 0) is 11.3 Å². The SMILES string of the molecule is Cc1nc(COc2ccc(C(=O)OC(C)C(=O)c3c[nH]c4ccccc34)cc2)no1. The molecule has 1 N–H and O–H groups in total. The van der Waals surface area contributed by atoms with Crippen LogP contribution in [0.25, 0.3) is 10.9 Å². The summed E-state index contributed by atoms with van der Waals surface area (Å²) in [5, 5.41) is 4.54. The number of carbonyl (C=O) groups excluding carboxylic acids is 2. The molecule has 4 aromatic rings. The van der Waals surface area contributed by atoms with Gasteiger partial charge >= 0.3 is 5.97 Å². The van der Waals surface area contributed by atoms with Gasteiger partial charge in [0.25, 0.3) is 0 Å². The van der Waals surface area contributed by atoms with E-state index in [1.54, 1.807) is 44.3 Å². The average molecular weight is 405 g/mol. The van der Waals surface area contributed by atoms with Crippen LogP contribution in [-0.4, -0.2) is 33.0 Å². The molecular formula is C22H19N3O5. The van der Waals surface area contributed by atoms with Gasteiger partial charge in [0, 0.05) is 29.6 Å². The standard InChI is InChI=1S/C22H19N3O5/c1-13(21(26)18-11-23-19-6-4-3-5-17(18)19)29-22(27)15-7-9-16(10-8-15)28-12-20-24-14(2)30-25-20/h3-11,13,23H,12H2,1-2H3. The number of ketones is 1. The Bertz CT molecular complexity index is 1190. The van der Waals surface area contributed by atoms with Gasteiger partial charge in [-0.1, -0.05) is 23.4 Å². The lowest BCUT2D eigenvalue weighted by atomic mass is 10.1. The van der Waals surface area contributed by atoms with E-state index in [1.807, 2.05) is 24.3 Å². The predicted octanol–water partition coefficient (Wildman–Crippen LogP) is 3.87. The van der Waals surface area contributed by atoms with E-state index in [-0.39, 0.29) is 12.4 Å². The number of fused-ring (bicyclic) bond motifs is 1. The third-order valence-electron chi connectivity index (χ3n) is 4.54. The van der Waals surface area contributed by atoms with Gasteiger partial charge in [0.2, 0.25) is 17.5 Å². The van der Waals surface area contributed by atoms with E-state index >= 15 is 0 Å². The van der Waals surface area contributed by atoms with Crippen molar-refractivity contribution >= 4 is 22.7 Å². The lowest BCUT2D eigenvalue weighted by molar-refractivity contribution is 0.0319. The first-order valence-electron chi connectivity index (χ1n) is 9.34. The zero-order valence-electron chi connectivity index (χ0n) is 16.4. The number of Topliss-reactive ketones (excluding diaryl/α,β-unsaturated/α-hetero) is 1. The number of aromatic amines is 1. The molecule has 1 atom stereocenters. The van der Waals surface area contributed by atoms with Gasteiger partial charge in [0.15, 0.2) is 12.7 Å². The van der Waals surface area contributed by atoms with Crippen molar-refractivity contribution in [3.05, 3.63) is 77.6 Å². The lowest BCUT2D eigenvalue weighted by Crippen LogP contribution is -2.24. The van der Waals surface area contributed by atoms with Crippen LogP contribution in [0.4, 0.5) is 0 Å². The number of para-hydroxylation sites is 1. The lowest BCUT2D eigenvalue weighted by Gasteiger charge is -2.12. The van der Waals surface area contributed by atoms with Gasteiger partial charge in [-0.15, -0.1) is 0 Å². The number of rotatable bonds is 7. The first-order chi connectivity index (χ1) is 14.5. The minimum atomic E-state index is -0.922. The smallest absolute Gasteiger partial charge is 0.338 e. The Labute approximate surface area is 171 Å². The molecule has 2 aromatic carbocycles. The summed E-state index contributed by atoms with van der Waals surface area (Å²) in [6, 6.07) is 13.9. The molecule has 0 saturated carbocycles. The van der Waals surface area contributed by atoms with E-state index in [0.717, 1.165) is 10.9 Å². The Morgan fingerprint density at radius 1 is 1.13 bits per heavy atom. The number of benzene rings is 2. The molecular weight excluding hydrogens is 386 g/mol. The Kier molecular flexibility index (Phi) is 5.30. The third-order valence-corrected chi connectivity index (χ3v) is 4.54. The molecule has 0 fully saturated rings. The van der Waals surface area contributed by atoms with Crippen molar-refractivity contribution in [1.82, 2.24) is 15.1 Å². The monoisotopic (exact) mass is 405 g/mol. The van der Waals surface area contributed by atoms with Gasteiger partial charge in [-0.05, 0) is 37.3 Å². The highest BCUT2D eigenvalue weighted by Gasteiger charge is 2.23. The van der Waals surface area contributed by atoms with E-state index in [2.05, 4.69) is 15.1 Å². The largest absolute Gasteiger partial charge is 0.485 e. The highest BCUT2D eigenvalue weighted by molar-refractivity contribution is 6.10. The normalized spacial score (nSPS) is 11.9. The first-order valence-corrected chi connectivity index (χ1v) is 9.34. The van der Waals surface area contributed by atoms with Crippen molar-refractivity contribution in [2.75, 3.05) is 0 Å². The number of nitrogens with one attached hydrogen (secondary N) is 1. The number of aromatic nitrogens is 3. The minimum absolute atomic E-state index is 0.150. The van der Waals surface area contributed by atoms with Crippen molar-refractivity contribution in [2.45, 2.75) is 26.6 Å². The number of ether oxygens (including phenoxy) is 2. The highest BCUT2D eigenvalue weighted by atomic mass is 16.5. The Balaban J connectivity index is 1.37. The van der Waals surface area contributed by atoms with Gasteiger partial charge in [-0.25, -0.2) is 4.79 Å². The predicted molar refractivity (Wildman–Crippen MR) is 107 cm³/mol. The maximum absolute atomic E-state index is 12.7. The second-order valence-electron chi connectivity index (χ2n) is 6.70. The van der Waals surface area contributed by atoms with Crippen molar-refractivity contribution in [3.8, 4) is 5.75 Å². The molecule has 0 bridgehead atoms. The number of hydrogen-bond donors (Lipinski definition) is 1. The Hall–Kier alpha value is -3.94. The van der Waals surface area contributed by atoms with E-state index in [9.17, 15) is 9.59 Å². The number of aryl methyl sites for hydroxylation is 1. The molecule has 1 unspecified atom stereocenters. The number of hydrogen-bond acceptors (Lipinski definition) is 7. The van der Waals surface area contributed by atoms with E-state index in [1.165, 1.54) is 0 Å². The fraction of sp³-hybridized carbons (Fsp3) is 0.182. The molecule has 2 heterocycles. The van der Waals surface area contributed by atoms with Crippen molar-refractivity contribution in [1.29, 1.82) is 0 Å². The first kappa shape index (κ1) is 19.4. The third kappa shape index (κ3) is 4.07. The molecule has 0 aliphatic carbocycles. The van der Waals surface area contributed by atoms with Crippen LogP contribution in [0.2, 0.25) is 0 Å². The molecule has 0 saturated heterocycles. The number of H-pyrrole nitrogens is 1. The van der Waals surface area contributed by atoms with Crippen LogP contribution in [0.1, 0.15) is 39.4 Å². The second-order valence-corrected chi connectivity index (χ2v) is 6.70. The molecule has 8 heteroatoms. The molecule has 0 aliphatic heterocycles. The molecule has 0 aliphatic rings. The van der Waals surface area contributed by atoms with Crippen LogP contribution < -0.4 is 4.74 Å². The summed E-state index contributed by atoms with van der Waals surface area (Å²) in [7, 11) is 0. The number of carbonyl (C=O) groups is 2. The van der Waals surface area contributed by atoms with Gasteiger partial charge in [0.05, 0.1) is 5.56 Å². The van der Waals surface area contributed by atoms with E-state index in [0.29, 0.717) is 28.6 Å². The van der Waals surface area contributed by atoms with Gasteiger partial charge in [-0.2, -0.15) is 4.98 Å². The Morgan fingerprint density at radius 2 is 1.90 bits per heavy atom. The fourth-order valence-electron chi connectivity index (χ4n) is 3.01. The zero-order valence-corrected chi connectivity index (χ0v) is 16.4. The molecule has 0 spiro atoms. The summed E-state index contributed by atoms with van der Waals surface area (Å²) < 4.78 is 15.8. The summed E-state index contributed by atoms with van der Waals surface area (Å²) in [5.74, 6) is 0.577. The van der Waals surface area contributed by atoms with Crippen molar-refractivity contribution in [2.24, 2.45) is 0 Å². The van der Waals surface area contributed by atoms with Crippen LogP contribution in [0.5, 0.6) is 5.75 Å². The van der Waals surface area contributed by atoms with Crippen LogP contribution in [0, 0.1) is 6.92 Å². The van der Waals surface area contributed by atoms with Gasteiger partial charge in [-0.3, -0.25) is 4.79 Å². The van der Waals surface area contributed by atoms with Crippen LogP contribution >= 0.6 is 0 Å². The molecule has 8 nitrogen and oxygen atoms in total. The quantitative estimate of drug-likeness (QED) is 0.367. The molecule has 2 aromatic heterocycles. The number of esters is 1. The van der Waals surface area contributed by atoms with Gasteiger partial charge in [0.1, 0.15) is 5.75 Å². The summed E-state index contributed by atoms with van der Waals surface area (Å²) in [6.45, 7) is 3.41. The van der Waals surface area contributed by atoms with Crippen molar-refractivity contribution < 1.29 is 23.6 Å². The highest BCUT2D eigenvalue weighted by Crippen LogP contribution is 2.21. The van der Waals surface area contributed by atoms with Crippen LogP contribution in [0.3, 0.4) is 0 Å². The Morgan fingerprint density at radius 3 is 2.63 bits per heavy atom. The minimum Gasteiger partial charge on any atom is -0.485 e. The van der Waals surface area contributed by atoms with Crippen molar-refractivity contribution in [3.63, 3.8) is 0 Å². The van der Waals surface area contributed by atoms with E-state index < -0.39 is 12.1 Å². The molecule has 152 valence electrons. The molecule has 0 amide bonds. The average Bonchev–Trinajstić information content (AvgIpc) is 3.38. The maximum atomic E-state index is 12.7. The fourth-order valence-corrected chi connectivity index (χ4v) is 3.01. The molecule has 30 heavy (non-hydrogen) atoms. The maximum Gasteiger partial charge on any atom is 0.338 e. The summed E-state index contributed by atoms with van der Waals surface area (Å²) in [4.78, 5) is 32.3. The summed E-state index contributed by atoms with van der Waals surface area (Å²) in [5.41, 5.74) is 1.66. The zero-order chi connectivity index (χ0) is 21.1. The molecule has 4 rings (SSSR count). The molecule has 0 radical (unpaired) electrons. The summed E-state index contributed by atoms with van der Waals surface area (Å²) in [6.07, 6.45) is 0.712. The number of nitrogens with zero attached hydrogens (tertiary/aromatic N) is 2. The second kappa shape index (κ2) is 8.20. The van der Waals surface area contributed by atoms with Crippen LogP contribution in [0.15, 0.2) is 59.3 Å². The van der Waals surface area contributed by atoms with Gasteiger partial charge < -0.3 is 19.0 Å². The topological polar surface area (TPSA) is 107 Å².